The third-order valence-electron chi connectivity index (χ3n) is 3.01. The Kier molecular flexibility index (Phi) is 2.51. The number of halogens is 1. The van der Waals surface area contributed by atoms with Gasteiger partial charge in [-0.05, 0) is 25.0 Å². The summed E-state index contributed by atoms with van der Waals surface area (Å²) in [5, 5.41) is 10.7. The van der Waals surface area contributed by atoms with E-state index in [-0.39, 0.29) is 11.1 Å². The molecule has 2 aromatic heterocycles. The van der Waals surface area contributed by atoms with Crippen molar-refractivity contribution < 1.29 is 0 Å². The monoisotopic (exact) mass is 253 g/mol. The molecular formula is C10H12ClN5O. The highest BCUT2D eigenvalue weighted by Crippen LogP contribution is 2.20. The number of nitrogens with zero attached hydrogens (tertiary/aromatic N) is 4. The van der Waals surface area contributed by atoms with Crippen LogP contribution in [-0.2, 0) is 0 Å². The largest absolute Gasteiger partial charge is 0.364 e. The average Bonchev–Trinajstić information content (AvgIpc) is 2.72. The third kappa shape index (κ3) is 1.88. The first-order valence-corrected chi connectivity index (χ1v) is 6.01. The number of hydrogen-bond donors (Lipinski definition) is 1. The molecule has 0 saturated carbocycles. The Morgan fingerprint density at radius 1 is 1.35 bits per heavy atom. The van der Waals surface area contributed by atoms with Crippen LogP contribution in [0.4, 0.5) is 5.82 Å². The zero-order valence-electron chi connectivity index (χ0n) is 9.14. The summed E-state index contributed by atoms with van der Waals surface area (Å²) in [5.41, 5.74) is 0.222. The van der Waals surface area contributed by atoms with Gasteiger partial charge in [-0.15, -0.1) is 16.7 Å². The van der Waals surface area contributed by atoms with Gasteiger partial charge in [0.05, 0.1) is 0 Å². The van der Waals surface area contributed by atoms with Crippen molar-refractivity contribution in [2.24, 2.45) is 0 Å². The predicted molar refractivity (Wildman–Crippen MR) is 64.7 cm³/mol. The van der Waals surface area contributed by atoms with Crippen molar-refractivity contribution >= 4 is 23.1 Å². The average molecular weight is 254 g/mol. The van der Waals surface area contributed by atoms with Gasteiger partial charge in [-0.2, -0.15) is 9.61 Å². The van der Waals surface area contributed by atoms with Gasteiger partial charge in [0.2, 0.25) is 0 Å². The van der Waals surface area contributed by atoms with E-state index in [1.54, 1.807) is 6.07 Å². The van der Waals surface area contributed by atoms with Crippen molar-refractivity contribution in [2.75, 3.05) is 18.0 Å². The van der Waals surface area contributed by atoms with E-state index in [1.807, 2.05) is 6.07 Å². The molecule has 90 valence electrons. The maximum Gasteiger partial charge on any atom is 0.364 e. The maximum absolute atomic E-state index is 11.4. The van der Waals surface area contributed by atoms with Gasteiger partial charge in [-0.3, -0.25) is 0 Å². The van der Waals surface area contributed by atoms with Crippen LogP contribution in [0, 0.1) is 0 Å². The van der Waals surface area contributed by atoms with Crippen LogP contribution in [-0.4, -0.2) is 38.3 Å². The molecule has 1 fully saturated rings. The predicted octanol–water partition coefficient (Wildman–Crippen LogP) is 0.625. The van der Waals surface area contributed by atoms with Crippen LogP contribution in [0.5, 0.6) is 0 Å². The topological polar surface area (TPSA) is 66.3 Å². The zero-order chi connectivity index (χ0) is 11.8. The molecule has 3 rings (SSSR count). The summed E-state index contributed by atoms with van der Waals surface area (Å²) in [5.74, 6) is 0.796. The fraction of sp³-hybridized carbons (Fsp3) is 0.500. The van der Waals surface area contributed by atoms with E-state index in [0.717, 1.165) is 31.7 Å². The van der Waals surface area contributed by atoms with Crippen molar-refractivity contribution in [3.8, 4) is 0 Å². The summed E-state index contributed by atoms with van der Waals surface area (Å²) in [6.45, 7) is 1.75. The minimum absolute atomic E-state index is 0.256. The fourth-order valence-corrected chi connectivity index (χ4v) is 2.23. The molecule has 0 aromatic carbocycles. The third-order valence-corrected chi connectivity index (χ3v) is 3.44. The molecule has 7 heteroatoms. The first-order valence-electron chi connectivity index (χ1n) is 5.57. The Bertz CT molecular complexity index is 584. The summed E-state index contributed by atoms with van der Waals surface area (Å²) in [4.78, 5) is 13.5. The number of piperidine rings is 1. The minimum atomic E-state index is -0.311. The second-order valence-electron chi connectivity index (χ2n) is 4.15. The second kappa shape index (κ2) is 4.03. The normalized spacial score (nSPS) is 17.8. The molecular weight excluding hydrogens is 242 g/mol. The molecule has 0 amide bonds. The van der Waals surface area contributed by atoms with E-state index in [2.05, 4.69) is 20.2 Å². The summed E-state index contributed by atoms with van der Waals surface area (Å²) in [6, 6.07) is 3.66. The SMILES string of the molecule is O=c1[nH]nc2ccc(N3CCC(Cl)CC3)nn12. The number of rotatable bonds is 1. The molecule has 0 bridgehead atoms. The Balaban J connectivity index is 1.95. The highest BCUT2D eigenvalue weighted by molar-refractivity contribution is 6.20. The van der Waals surface area contributed by atoms with Crippen molar-refractivity contribution in [3.05, 3.63) is 22.6 Å². The summed E-state index contributed by atoms with van der Waals surface area (Å²) in [7, 11) is 0. The zero-order valence-corrected chi connectivity index (χ0v) is 9.89. The van der Waals surface area contributed by atoms with E-state index in [0.29, 0.717) is 5.65 Å². The standard InChI is InChI=1S/C10H12ClN5O/c11-7-3-5-15(6-4-7)9-2-1-8-12-13-10(17)16(8)14-9/h1-2,7H,3-6H2,(H,13,17). The number of anilines is 1. The quantitative estimate of drug-likeness (QED) is 0.757. The molecule has 1 aliphatic heterocycles. The highest BCUT2D eigenvalue weighted by Gasteiger charge is 2.18. The Morgan fingerprint density at radius 2 is 2.12 bits per heavy atom. The Morgan fingerprint density at radius 3 is 2.88 bits per heavy atom. The summed E-state index contributed by atoms with van der Waals surface area (Å²) < 4.78 is 1.28. The molecule has 2 aromatic rings. The lowest BCUT2D eigenvalue weighted by Gasteiger charge is -2.29. The molecule has 0 spiro atoms. The molecule has 0 unspecified atom stereocenters. The van der Waals surface area contributed by atoms with Crippen LogP contribution in [0.3, 0.4) is 0 Å². The first-order chi connectivity index (χ1) is 8.24. The molecule has 0 radical (unpaired) electrons. The van der Waals surface area contributed by atoms with E-state index in [1.165, 1.54) is 4.52 Å². The fourth-order valence-electron chi connectivity index (χ4n) is 2.04. The highest BCUT2D eigenvalue weighted by atomic mass is 35.5. The number of aromatic nitrogens is 4. The van der Waals surface area contributed by atoms with E-state index in [4.69, 9.17) is 11.6 Å². The number of H-pyrrole nitrogens is 1. The van der Waals surface area contributed by atoms with Gasteiger partial charge >= 0.3 is 5.69 Å². The molecule has 1 aliphatic rings. The lowest BCUT2D eigenvalue weighted by atomic mass is 10.1. The van der Waals surface area contributed by atoms with E-state index < -0.39 is 0 Å². The summed E-state index contributed by atoms with van der Waals surface area (Å²) in [6.07, 6.45) is 1.89. The van der Waals surface area contributed by atoms with Crippen LogP contribution in [0.1, 0.15) is 12.8 Å². The van der Waals surface area contributed by atoms with Gasteiger partial charge in [0.25, 0.3) is 0 Å². The van der Waals surface area contributed by atoms with Gasteiger partial charge in [0.15, 0.2) is 5.65 Å². The van der Waals surface area contributed by atoms with Gasteiger partial charge in [0, 0.05) is 18.5 Å². The van der Waals surface area contributed by atoms with Crippen LogP contribution in [0.25, 0.3) is 5.65 Å². The number of hydrogen-bond acceptors (Lipinski definition) is 4. The van der Waals surface area contributed by atoms with Crippen molar-refractivity contribution in [2.45, 2.75) is 18.2 Å². The number of fused-ring (bicyclic) bond motifs is 1. The van der Waals surface area contributed by atoms with Crippen molar-refractivity contribution in [3.63, 3.8) is 0 Å². The molecule has 3 heterocycles. The molecule has 17 heavy (non-hydrogen) atoms. The number of nitrogens with one attached hydrogen (secondary N) is 1. The van der Waals surface area contributed by atoms with Gasteiger partial charge < -0.3 is 4.90 Å². The van der Waals surface area contributed by atoms with Crippen LogP contribution in [0.2, 0.25) is 0 Å². The van der Waals surface area contributed by atoms with Crippen molar-refractivity contribution in [1.29, 1.82) is 0 Å². The van der Waals surface area contributed by atoms with E-state index >= 15 is 0 Å². The Hall–Kier alpha value is -1.56. The molecule has 1 N–H and O–H groups in total. The maximum atomic E-state index is 11.4. The smallest absolute Gasteiger partial charge is 0.355 e. The van der Waals surface area contributed by atoms with Crippen LogP contribution >= 0.6 is 11.6 Å². The summed E-state index contributed by atoms with van der Waals surface area (Å²) >= 11 is 6.05. The van der Waals surface area contributed by atoms with Crippen molar-refractivity contribution in [1.82, 2.24) is 19.8 Å². The van der Waals surface area contributed by atoms with Gasteiger partial charge in [0.1, 0.15) is 5.82 Å². The lowest BCUT2D eigenvalue weighted by molar-refractivity contribution is 0.576. The Labute approximate surface area is 102 Å². The molecule has 0 atom stereocenters. The van der Waals surface area contributed by atoms with Gasteiger partial charge in [-0.25, -0.2) is 9.89 Å². The number of aromatic amines is 1. The van der Waals surface area contributed by atoms with Crippen LogP contribution < -0.4 is 10.6 Å². The molecule has 0 aliphatic carbocycles. The minimum Gasteiger partial charge on any atom is -0.355 e. The molecule has 6 nitrogen and oxygen atoms in total. The number of alkyl halides is 1. The lowest BCUT2D eigenvalue weighted by Crippen LogP contribution is -2.35. The first kappa shape index (κ1) is 10.6. The molecule has 1 saturated heterocycles. The van der Waals surface area contributed by atoms with Gasteiger partial charge in [-0.1, -0.05) is 0 Å². The van der Waals surface area contributed by atoms with E-state index in [9.17, 15) is 4.79 Å². The van der Waals surface area contributed by atoms with Crippen LogP contribution in [0.15, 0.2) is 16.9 Å². The second-order valence-corrected chi connectivity index (χ2v) is 4.77.